The van der Waals surface area contributed by atoms with Gasteiger partial charge in [0.1, 0.15) is 24.3 Å². The Kier molecular flexibility index (Phi) is 11.1. The van der Waals surface area contributed by atoms with Gasteiger partial charge in [0.15, 0.2) is 0 Å². The molecule has 0 spiro atoms. The average Bonchev–Trinajstić information content (AvgIpc) is 3.10. The second-order valence-electron chi connectivity index (χ2n) is 10.7. The van der Waals surface area contributed by atoms with Crippen LogP contribution in [0.2, 0.25) is 0 Å². The molecular formula is C38H39NO4S. The number of rotatable bonds is 14. The van der Waals surface area contributed by atoms with Crippen molar-refractivity contribution in [3.05, 3.63) is 161 Å². The quantitative estimate of drug-likeness (QED) is 0.0924. The first-order valence-electron chi connectivity index (χ1n) is 14.8. The smallest absolute Gasteiger partial charge is 0.323 e. The van der Waals surface area contributed by atoms with Gasteiger partial charge in [-0.2, -0.15) is 0 Å². The summed E-state index contributed by atoms with van der Waals surface area (Å²) in [5.41, 5.74) is 4.21. The van der Waals surface area contributed by atoms with Gasteiger partial charge < -0.3 is 14.2 Å². The Bertz CT molecular complexity index is 1430. The van der Waals surface area contributed by atoms with Crippen LogP contribution in [0, 0.1) is 0 Å². The second-order valence-corrected chi connectivity index (χ2v) is 11.5. The number of carbonyl (C=O) groups is 1. The Morgan fingerprint density at radius 2 is 1.43 bits per heavy atom. The fourth-order valence-corrected chi connectivity index (χ4v) is 5.79. The highest BCUT2D eigenvalue weighted by molar-refractivity contribution is 7.98. The Hall–Kier alpha value is -4.10. The van der Waals surface area contributed by atoms with E-state index >= 15 is 0 Å². The summed E-state index contributed by atoms with van der Waals surface area (Å²) in [4.78, 5) is 14.1. The fraction of sp³-hybridized carbons (Fsp3) is 0.237. The van der Waals surface area contributed by atoms with Gasteiger partial charge in [0, 0.05) is 7.11 Å². The van der Waals surface area contributed by atoms with Crippen molar-refractivity contribution in [2.24, 2.45) is 0 Å². The molecular weight excluding hydrogens is 566 g/mol. The van der Waals surface area contributed by atoms with Gasteiger partial charge in [-0.25, -0.2) is 0 Å². The summed E-state index contributed by atoms with van der Waals surface area (Å²) in [5, 5.41) is 3.85. The van der Waals surface area contributed by atoms with E-state index in [4.69, 9.17) is 14.2 Å². The minimum absolute atomic E-state index is 0.0509. The second kappa shape index (κ2) is 15.6. The fourth-order valence-electron chi connectivity index (χ4n) is 5.54. The molecule has 0 saturated carbocycles. The number of nitrogens with one attached hydrogen (secondary N) is 1. The number of hydrogen-bond donors (Lipinski definition) is 1. The zero-order chi connectivity index (χ0) is 30.6. The van der Waals surface area contributed by atoms with E-state index in [1.165, 1.54) is 0 Å². The number of hydrogen-bond acceptors (Lipinski definition) is 6. The summed E-state index contributed by atoms with van der Waals surface area (Å²) >= 11 is 1.62. The van der Waals surface area contributed by atoms with E-state index in [0.29, 0.717) is 12.4 Å². The van der Waals surface area contributed by atoms with Gasteiger partial charge in [0.2, 0.25) is 0 Å². The molecule has 0 fully saturated rings. The summed E-state index contributed by atoms with van der Waals surface area (Å²) in [7, 11) is 1.70. The number of esters is 1. The van der Waals surface area contributed by atoms with Gasteiger partial charge in [-0.1, -0.05) is 121 Å². The maximum atomic E-state index is 14.1. The molecule has 6 heteroatoms. The summed E-state index contributed by atoms with van der Waals surface area (Å²) in [6.45, 7) is 0.195. The summed E-state index contributed by atoms with van der Waals surface area (Å²) in [6, 6.07) is 38.2. The van der Waals surface area contributed by atoms with Crippen molar-refractivity contribution in [2.45, 2.75) is 30.5 Å². The summed E-state index contributed by atoms with van der Waals surface area (Å²) < 4.78 is 17.2. The third-order valence-corrected chi connectivity index (χ3v) is 8.18. The van der Waals surface area contributed by atoms with Crippen LogP contribution in [0.5, 0.6) is 5.75 Å². The van der Waals surface area contributed by atoms with Crippen LogP contribution in [0.15, 0.2) is 139 Å². The van der Waals surface area contributed by atoms with Crippen LogP contribution in [0.1, 0.15) is 28.7 Å². The van der Waals surface area contributed by atoms with E-state index in [-0.39, 0.29) is 18.7 Å². The first-order valence-corrected chi connectivity index (χ1v) is 16.2. The zero-order valence-electron chi connectivity index (χ0n) is 25.2. The van der Waals surface area contributed by atoms with Crippen molar-refractivity contribution < 1.29 is 19.0 Å². The first-order chi connectivity index (χ1) is 21.6. The molecule has 0 amide bonds. The lowest BCUT2D eigenvalue weighted by molar-refractivity contribution is -0.145. The molecule has 0 aliphatic heterocycles. The van der Waals surface area contributed by atoms with Crippen LogP contribution >= 0.6 is 11.8 Å². The van der Waals surface area contributed by atoms with E-state index in [9.17, 15) is 4.79 Å². The number of carbonyl (C=O) groups excluding carboxylic acids is 1. The predicted octanol–water partition coefficient (Wildman–Crippen LogP) is 7.32. The van der Waals surface area contributed by atoms with Crippen LogP contribution < -0.4 is 10.1 Å². The van der Waals surface area contributed by atoms with Gasteiger partial charge in [-0.15, -0.1) is 11.8 Å². The van der Waals surface area contributed by atoms with Crippen molar-refractivity contribution >= 4 is 17.7 Å². The highest BCUT2D eigenvalue weighted by Gasteiger charge is 2.40. The molecule has 1 aliphatic rings. The Labute approximate surface area is 265 Å². The number of ether oxygens (including phenoxy) is 3. The van der Waals surface area contributed by atoms with Crippen LogP contribution in [0.3, 0.4) is 0 Å². The number of benzene rings is 4. The highest BCUT2D eigenvalue weighted by atomic mass is 32.2. The third kappa shape index (κ3) is 7.69. The van der Waals surface area contributed by atoms with Crippen molar-refractivity contribution in [3.8, 4) is 5.75 Å². The maximum Gasteiger partial charge on any atom is 0.323 e. The molecule has 44 heavy (non-hydrogen) atoms. The van der Waals surface area contributed by atoms with Crippen LogP contribution in [-0.2, 0) is 26.2 Å². The minimum Gasteiger partial charge on any atom is -0.483 e. The molecule has 5 nitrogen and oxygen atoms in total. The van der Waals surface area contributed by atoms with E-state index in [1.54, 1.807) is 18.9 Å². The van der Waals surface area contributed by atoms with Gasteiger partial charge in [-0.05, 0) is 59.1 Å². The molecule has 2 unspecified atom stereocenters. The van der Waals surface area contributed by atoms with E-state index < -0.39 is 11.6 Å². The Morgan fingerprint density at radius 1 is 0.864 bits per heavy atom. The highest BCUT2D eigenvalue weighted by Crippen LogP contribution is 2.37. The molecule has 0 aromatic heterocycles. The summed E-state index contributed by atoms with van der Waals surface area (Å²) in [6.07, 6.45) is 9.29. The lowest BCUT2D eigenvalue weighted by Crippen LogP contribution is -2.53. The molecule has 0 saturated heterocycles. The Morgan fingerprint density at radius 3 is 1.91 bits per heavy atom. The topological polar surface area (TPSA) is 56.8 Å². The average molecular weight is 606 g/mol. The lowest BCUT2D eigenvalue weighted by atomic mass is 9.76. The van der Waals surface area contributed by atoms with Gasteiger partial charge >= 0.3 is 5.97 Å². The molecule has 0 bridgehead atoms. The molecule has 0 radical (unpaired) electrons. The predicted molar refractivity (Wildman–Crippen MR) is 179 cm³/mol. The molecule has 4 aromatic carbocycles. The van der Waals surface area contributed by atoms with E-state index in [2.05, 4.69) is 47.8 Å². The standard InChI is InChI=1S/C38H39NO4S/c1-41-34-22-20-30(21-23-34)27-42-37(40)36(26-29-18-24-35(25-19-29)43-28-44-2)39-38(31-12-6-3-7-13-31,32-14-8-4-9-15-32)33-16-10-5-11-17-33/h3-22,24-25,34,36,39H,23,26-28H2,1-2H3. The molecule has 5 rings (SSSR count). The molecule has 226 valence electrons. The molecule has 2 atom stereocenters. The Balaban J connectivity index is 1.53. The molecule has 0 heterocycles. The van der Waals surface area contributed by atoms with Crippen molar-refractivity contribution in [3.63, 3.8) is 0 Å². The molecule has 4 aromatic rings. The van der Waals surface area contributed by atoms with E-state index in [0.717, 1.165) is 40.0 Å². The van der Waals surface area contributed by atoms with Crippen LogP contribution in [0.25, 0.3) is 0 Å². The van der Waals surface area contributed by atoms with Gasteiger partial charge in [0.05, 0.1) is 11.6 Å². The summed E-state index contributed by atoms with van der Waals surface area (Å²) in [5.74, 6) is 1.06. The largest absolute Gasteiger partial charge is 0.483 e. The third-order valence-electron chi connectivity index (χ3n) is 7.82. The molecule has 1 N–H and O–H groups in total. The maximum absolute atomic E-state index is 14.1. The minimum atomic E-state index is -0.829. The van der Waals surface area contributed by atoms with Crippen LogP contribution in [-0.4, -0.2) is 44.0 Å². The number of methoxy groups -OCH3 is 1. The van der Waals surface area contributed by atoms with E-state index in [1.807, 2.05) is 97.3 Å². The van der Waals surface area contributed by atoms with Crippen molar-refractivity contribution in [2.75, 3.05) is 25.9 Å². The molecule has 1 aliphatic carbocycles. The lowest BCUT2D eigenvalue weighted by Gasteiger charge is -2.39. The SMILES string of the molecule is COC1C=CC(COC(=O)C(Cc2ccc(OCSC)cc2)NC(c2ccccc2)(c2ccccc2)c2ccccc2)=CC1. The van der Waals surface area contributed by atoms with Gasteiger partial charge in [-0.3, -0.25) is 10.1 Å². The zero-order valence-corrected chi connectivity index (χ0v) is 26.0. The monoisotopic (exact) mass is 605 g/mol. The van der Waals surface area contributed by atoms with Crippen molar-refractivity contribution in [1.29, 1.82) is 0 Å². The van der Waals surface area contributed by atoms with Crippen LogP contribution in [0.4, 0.5) is 0 Å². The van der Waals surface area contributed by atoms with Gasteiger partial charge in [0.25, 0.3) is 0 Å². The normalized spacial score (nSPS) is 15.3. The first kappa shape index (κ1) is 31.3. The number of thioether (sulfide) groups is 1. The van der Waals surface area contributed by atoms with Crippen molar-refractivity contribution in [1.82, 2.24) is 5.32 Å².